The van der Waals surface area contributed by atoms with E-state index >= 15 is 0 Å². The van der Waals surface area contributed by atoms with Gasteiger partial charge in [0.05, 0.1) is 6.21 Å². The molecule has 0 fully saturated rings. The number of rotatable bonds is 9. The number of carbonyl (C=O) groups is 1. The summed E-state index contributed by atoms with van der Waals surface area (Å²) in [6.45, 7) is 0.673. The summed E-state index contributed by atoms with van der Waals surface area (Å²) in [6.07, 6.45) is 1.61. The molecule has 0 radical (unpaired) electrons. The molecule has 200 valence electrons. The maximum atomic E-state index is 12.8. The molecule has 0 spiro atoms. The number of amides is 1. The Bertz CT molecular complexity index is 1690. The summed E-state index contributed by atoms with van der Waals surface area (Å²) >= 11 is 15.7. The van der Waals surface area contributed by atoms with Crippen molar-refractivity contribution in [3.05, 3.63) is 140 Å². The Hall–Kier alpha value is -3.84. The third-order valence-corrected chi connectivity index (χ3v) is 7.18. The van der Waals surface area contributed by atoms with Gasteiger partial charge in [0.1, 0.15) is 24.7 Å². The molecule has 0 unspecified atom stereocenters. The van der Waals surface area contributed by atoms with Crippen LogP contribution in [0.2, 0.25) is 10.0 Å². The first-order chi connectivity index (χ1) is 19.5. The quantitative estimate of drug-likeness (QED) is 0.130. The van der Waals surface area contributed by atoms with Gasteiger partial charge in [-0.3, -0.25) is 4.79 Å². The second-order valence-electron chi connectivity index (χ2n) is 8.87. The average Bonchev–Trinajstić information content (AvgIpc) is 2.96. The number of hydrogen-bond acceptors (Lipinski definition) is 4. The third-order valence-electron chi connectivity index (χ3n) is 6.10. The molecule has 0 aliphatic heterocycles. The molecule has 40 heavy (non-hydrogen) atoms. The highest BCUT2D eigenvalue weighted by molar-refractivity contribution is 9.10. The number of fused-ring (bicyclic) bond motifs is 1. The molecule has 5 aromatic rings. The Balaban J connectivity index is 1.26. The minimum atomic E-state index is -0.347. The van der Waals surface area contributed by atoms with Crippen LogP contribution in [-0.4, -0.2) is 12.1 Å². The summed E-state index contributed by atoms with van der Waals surface area (Å²) in [4.78, 5) is 12.8. The summed E-state index contributed by atoms with van der Waals surface area (Å²) < 4.78 is 12.9. The molecule has 0 aliphatic carbocycles. The SMILES string of the molecule is O=C(N/N=C\c1c(OCc2cccc(Br)c2)ccc2ccccc12)c1ccc(OCc2ccc(Cl)cc2Cl)cc1. The highest BCUT2D eigenvalue weighted by Crippen LogP contribution is 2.28. The number of ether oxygens (including phenoxy) is 2. The molecule has 5 nitrogen and oxygen atoms in total. The number of halogens is 3. The van der Waals surface area contributed by atoms with Crippen molar-refractivity contribution in [1.82, 2.24) is 5.43 Å². The number of benzene rings is 5. The monoisotopic (exact) mass is 632 g/mol. The summed E-state index contributed by atoms with van der Waals surface area (Å²) in [5.41, 5.74) is 5.67. The molecule has 0 saturated heterocycles. The van der Waals surface area contributed by atoms with E-state index in [4.69, 9.17) is 32.7 Å². The third kappa shape index (κ3) is 7.02. The van der Waals surface area contributed by atoms with Gasteiger partial charge in [-0.1, -0.05) is 87.7 Å². The average molecular weight is 634 g/mol. The lowest BCUT2D eigenvalue weighted by molar-refractivity contribution is 0.0955. The maximum Gasteiger partial charge on any atom is 0.271 e. The van der Waals surface area contributed by atoms with E-state index in [0.29, 0.717) is 33.7 Å². The lowest BCUT2D eigenvalue weighted by Gasteiger charge is -2.12. The Labute approximate surface area is 250 Å². The Morgan fingerprint density at radius 3 is 2.48 bits per heavy atom. The van der Waals surface area contributed by atoms with Crippen molar-refractivity contribution in [2.24, 2.45) is 5.10 Å². The van der Waals surface area contributed by atoms with Crippen LogP contribution in [0.15, 0.2) is 113 Å². The van der Waals surface area contributed by atoms with Gasteiger partial charge in [0.25, 0.3) is 5.91 Å². The fourth-order valence-corrected chi connectivity index (χ4v) is 4.95. The topological polar surface area (TPSA) is 59.9 Å². The number of hydrazone groups is 1. The highest BCUT2D eigenvalue weighted by Gasteiger charge is 2.10. The molecule has 0 atom stereocenters. The zero-order chi connectivity index (χ0) is 27.9. The molecule has 0 saturated carbocycles. The fourth-order valence-electron chi connectivity index (χ4n) is 4.04. The standard InChI is InChI=1S/C32H23BrCl2N2O3/c33-25-6-3-4-21(16-25)19-40-31-15-11-22-5-1-2-7-28(22)29(31)18-36-37-32(38)23-9-13-27(14-10-23)39-20-24-8-12-26(34)17-30(24)35/h1-18H,19-20H2,(H,37,38)/b36-18-. The van der Waals surface area contributed by atoms with E-state index in [1.165, 1.54) is 0 Å². The molecule has 8 heteroatoms. The summed E-state index contributed by atoms with van der Waals surface area (Å²) in [7, 11) is 0. The first-order valence-electron chi connectivity index (χ1n) is 12.4. The molecule has 0 bridgehead atoms. The second-order valence-corrected chi connectivity index (χ2v) is 10.6. The Morgan fingerprint density at radius 1 is 0.850 bits per heavy atom. The first-order valence-corrected chi connectivity index (χ1v) is 13.9. The summed E-state index contributed by atoms with van der Waals surface area (Å²) in [5.74, 6) is 0.924. The van der Waals surface area contributed by atoms with Crippen molar-refractivity contribution in [3.63, 3.8) is 0 Å². The van der Waals surface area contributed by atoms with E-state index in [0.717, 1.165) is 31.9 Å². The number of carbonyl (C=O) groups excluding carboxylic acids is 1. The van der Waals surface area contributed by atoms with Crippen LogP contribution in [-0.2, 0) is 13.2 Å². The van der Waals surface area contributed by atoms with E-state index in [1.54, 1.807) is 42.6 Å². The minimum Gasteiger partial charge on any atom is -0.489 e. The van der Waals surface area contributed by atoms with Crippen molar-refractivity contribution in [2.45, 2.75) is 13.2 Å². The first kappa shape index (κ1) is 27.7. The van der Waals surface area contributed by atoms with Gasteiger partial charge in [0.2, 0.25) is 0 Å². The lowest BCUT2D eigenvalue weighted by Crippen LogP contribution is -2.17. The molecule has 0 aromatic heterocycles. The Morgan fingerprint density at radius 2 is 1.68 bits per heavy atom. The van der Waals surface area contributed by atoms with E-state index < -0.39 is 0 Å². The van der Waals surface area contributed by atoms with E-state index in [2.05, 4.69) is 26.5 Å². The fraction of sp³-hybridized carbons (Fsp3) is 0.0625. The summed E-state index contributed by atoms with van der Waals surface area (Å²) in [6, 6.07) is 31.9. The van der Waals surface area contributed by atoms with Crippen molar-refractivity contribution >= 4 is 62.0 Å². The molecular weight excluding hydrogens is 611 g/mol. The van der Waals surface area contributed by atoms with Gasteiger partial charge in [-0.2, -0.15) is 5.10 Å². The second kappa shape index (κ2) is 13.0. The lowest BCUT2D eigenvalue weighted by atomic mass is 10.0. The van der Waals surface area contributed by atoms with Crippen LogP contribution >= 0.6 is 39.1 Å². The van der Waals surface area contributed by atoms with Crippen LogP contribution in [0.3, 0.4) is 0 Å². The van der Waals surface area contributed by atoms with Gasteiger partial charge >= 0.3 is 0 Å². The predicted molar refractivity (Wildman–Crippen MR) is 165 cm³/mol. The van der Waals surface area contributed by atoms with Crippen LogP contribution in [0.25, 0.3) is 10.8 Å². The van der Waals surface area contributed by atoms with Crippen LogP contribution in [0, 0.1) is 0 Å². The van der Waals surface area contributed by atoms with E-state index in [9.17, 15) is 4.79 Å². The summed E-state index contributed by atoms with van der Waals surface area (Å²) in [5, 5.41) is 7.36. The van der Waals surface area contributed by atoms with Gasteiger partial charge in [0.15, 0.2) is 0 Å². The van der Waals surface area contributed by atoms with Crippen LogP contribution in [0.5, 0.6) is 11.5 Å². The van der Waals surface area contributed by atoms with Crippen LogP contribution in [0.4, 0.5) is 0 Å². The highest BCUT2D eigenvalue weighted by atomic mass is 79.9. The normalized spacial score (nSPS) is 11.1. The van der Waals surface area contributed by atoms with Gasteiger partial charge < -0.3 is 9.47 Å². The molecule has 5 aromatic carbocycles. The molecule has 1 N–H and O–H groups in total. The number of hydrogen-bond donors (Lipinski definition) is 1. The zero-order valence-electron chi connectivity index (χ0n) is 21.1. The van der Waals surface area contributed by atoms with Gasteiger partial charge in [-0.05, 0) is 70.9 Å². The minimum absolute atomic E-state index is 0.281. The van der Waals surface area contributed by atoms with Gasteiger partial charge in [-0.25, -0.2) is 5.43 Å². The molecule has 0 heterocycles. The van der Waals surface area contributed by atoms with Gasteiger partial charge in [-0.15, -0.1) is 0 Å². The molecule has 5 rings (SSSR count). The maximum absolute atomic E-state index is 12.8. The molecular formula is C32H23BrCl2N2O3. The van der Waals surface area contributed by atoms with Gasteiger partial charge in [0, 0.05) is 31.2 Å². The number of nitrogens with one attached hydrogen (secondary N) is 1. The smallest absolute Gasteiger partial charge is 0.271 e. The van der Waals surface area contributed by atoms with Crippen LogP contribution < -0.4 is 14.9 Å². The van der Waals surface area contributed by atoms with Crippen molar-refractivity contribution in [2.75, 3.05) is 0 Å². The van der Waals surface area contributed by atoms with Crippen LogP contribution in [0.1, 0.15) is 27.0 Å². The van der Waals surface area contributed by atoms with Crippen molar-refractivity contribution in [1.29, 1.82) is 0 Å². The largest absolute Gasteiger partial charge is 0.489 e. The molecule has 1 amide bonds. The van der Waals surface area contributed by atoms with E-state index in [-0.39, 0.29) is 12.5 Å². The number of nitrogens with zero attached hydrogens (tertiary/aromatic N) is 1. The Kier molecular flexibility index (Phi) is 9.01. The molecule has 0 aliphatic rings. The zero-order valence-corrected chi connectivity index (χ0v) is 24.2. The van der Waals surface area contributed by atoms with E-state index in [1.807, 2.05) is 66.7 Å². The van der Waals surface area contributed by atoms with Crippen molar-refractivity contribution < 1.29 is 14.3 Å². The predicted octanol–water partition coefficient (Wildman–Crippen LogP) is 8.83. The van der Waals surface area contributed by atoms with Crippen molar-refractivity contribution in [3.8, 4) is 11.5 Å².